The maximum absolute atomic E-state index is 12.5. The number of benzene rings is 2. The molecule has 0 saturated carbocycles. The summed E-state index contributed by atoms with van der Waals surface area (Å²) in [6.45, 7) is 3.30. The molecule has 2 aromatic rings. The van der Waals surface area contributed by atoms with Crippen LogP contribution in [0.5, 0.6) is 0 Å². The Morgan fingerprint density at radius 1 is 1.08 bits per heavy atom. The molecule has 1 amide bonds. The van der Waals surface area contributed by atoms with E-state index in [1.54, 1.807) is 19.9 Å². The fraction of sp³-hybridized carbons (Fsp3) is 0.235. The summed E-state index contributed by atoms with van der Waals surface area (Å²) in [5, 5.41) is 13.6. The number of hydrogen-bond donors (Lipinski definition) is 1. The zero-order valence-electron chi connectivity index (χ0n) is 14.8. The molecule has 9 heteroatoms. The van der Waals surface area contributed by atoms with Crippen molar-refractivity contribution < 1.29 is 18.1 Å². The summed E-state index contributed by atoms with van der Waals surface area (Å²) in [5.74, 6) is -0.560. The van der Waals surface area contributed by atoms with Gasteiger partial charge in [-0.15, -0.1) is 0 Å². The van der Waals surface area contributed by atoms with E-state index in [-0.39, 0.29) is 16.1 Å². The highest BCUT2D eigenvalue weighted by molar-refractivity contribution is 7.89. The fourth-order valence-electron chi connectivity index (χ4n) is 2.25. The van der Waals surface area contributed by atoms with Gasteiger partial charge in [-0.2, -0.15) is 0 Å². The van der Waals surface area contributed by atoms with Gasteiger partial charge in [-0.1, -0.05) is 12.1 Å². The van der Waals surface area contributed by atoms with Crippen LogP contribution in [-0.2, 0) is 10.0 Å². The lowest BCUT2D eigenvalue weighted by atomic mass is 10.1. The number of carbonyl (C=O) groups is 1. The Kier molecular flexibility index (Phi) is 5.43. The van der Waals surface area contributed by atoms with Gasteiger partial charge < -0.3 is 5.32 Å². The standard InChI is InChI=1S/C17H19N3O5S/c1-11-6-8-14(26(24,25)19(3)4)10-15(11)18-17(21)13-7-5-12(2)16(9-13)20(22)23/h5-10H,1-4H3,(H,18,21). The number of rotatable bonds is 5. The van der Waals surface area contributed by atoms with Crippen molar-refractivity contribution in [3.8, 4) is 0 Å². The molecule has 0 aromatic heterocycles. The van der Waals surface area contributed by atoms with Crippen LogP contribution in [-0.4, -0.2) is 37.6 Å². The van der Waals surface area contributed by atoms with E-state index in [0.29, 0.717) is 16.8 Å². The van der Waals surface area contributed by atoms with E-state index < -0.39 is 20.9 Å². The molecular weight excluding hydrogens is 358 g/mol. The number of hydrogen-bond acceptors (Lipinski definition) is 5. The Labute approximate surface area is 151 Å². The SMILES string of the molecule is Cc1ccc(S(=O)(=O)N(C)C)cc1NC(=O)c1ccc(C)c([N+](=O)[O-])c1. The molecule has 2 rings (SSSR count). The van der Waals surface area contributed by atoms with Crippen LogP contribution in [0.2, 0.25) is 0 Å². The summed E-state index contributed by atoms with van der Waals surface area (Å²) in [6, 6.07) is 8.58. The molecule has 0 spiro atoms. The average molecular weight is 377 g/mol. The smallest absolute Gasteiger partial charge is 0.273 e. The highest BCUT2D eigenvalue weighted by atomic mass is 32.2. The molecule has 0 aliphatic carbocycles. The quantitative estimate of drug-likeness (QED) is 0.636. The number of amides is 1. The molecule has 1 N–H and O–H groups in total. The zero-order chi connectivity index (χ0) is 19.6. The van der Waals surface area contributed by atoms with Crippen molar-refractivity contribution in [3.63, 3.8) is 0 Å². The summed E-state index contributed by atoms with van der Waals surface area (Å²) in [6.07, 6.45) is 0. The minimum absolute atomic E-state index is 0.0401. The Balaban J connectivity index is 2.38. The molecule has 0 bridgehead atoms. The van der Waals surface area contributed by atoms with Gasteiger partial charge in [0.05, 0.1) is 9.82 Å². The topological polar surface area (TPSA) is 110 Å². The molecule has 2 aromatic carbocycles. The summed E-state index contributed by atoms with van der Waals surface area (Å²) < 4.78 is 25.6. The number of nitro benzene ring substituents is 1. The number of sulfonamides is 1. The molecule has 8 nitrogen and oxygen atoms in total. The second-order valence-corrected chi connectivity index (χ2v) is 8.13. The molecule has 0 saturated heterocycles. The molecule has 0 atom stereocenters. The maximum Gasteiger partial charge on any atom is 0.273 e. The number of carbonyl (C=O) groups excluding carboxylic acids is 1. The first kappa shape index (κ1) is 19.5. The van der Waals surface area contributed by atoms with Crippen molar-refractivity contribution in [3.05, 3.63) is 63.2 Å². The van der Waals surface area contributed by atoms with E-state index in [1.165, 1.54) is 44.4 Å². The van der Waals surface area contributed by atoms with E-state index in [9.17, 15) is 23.3 Å². The van der Waals surface area contributed by atoms with Crippen LogP contribution < -0.4 is 5.32 Å². The molecule has 0 fully saturated rings. The molecule has 0 aliphatic rings. The first-order chi connectivity index (χ1) is 12.0. The van der Waals surface area contributed by atoms with Gasteiger partial charge in [0.15, 0.2) is 0 Å². The third-order valence-corrected chi connectivity index (χ3v) is 5.71. The van der Waals surface area contributed by atoms with Gasteiger partial charge in [-0.3, -0.25) is 14.9 Å². The fourth-order valence-corrected chi connectivity index (χ4v) is 3.18. The number of aryl methyl sites for hydroxylation is 2. The van der Waals surface area contributed by atoms with Crippen LogP contribution >= 0.6 is 0 Å². The third-order valence-electron chi connectivity index (χ3n) is 3.90. The van der Waals surface area contributed by atoms with Gasteiger partial charge in [0.25, 0.3) is 11.6 Å². The van der Waals surface area contributed by atoms with Crippen LogP contribution in [0, 0.1) is 24.0 Å². The highest BCUT2D eigenvalue weighted by Crippen LogP contribution is 2.24. The van der Waals surface area contributed by atoms with Gasteiger partial charge >= 0.3 is 0 Å². The summed E-state index contributed by atoms with van der Waals surface area (Å²) >= 11 is 0. The van der Waals surface area contributed by atoms with Crippen molar-refractivity contribution in [1.29, 1.82) is 0 Å². The lowest BCUT2D eigenvalue weighted by Gasteiger charge is -2.14. The van der Waals surface area contributed by atoms with E-state index in [0.717, 1.165) is 4.31 Å². The van der Waals surface area contributed by atoms with Gasteiger partial charge in [0, 0.05) is 37.0 Å². The molecule has 0 unspecified atom stereocenters. The predicted molar refractivity (Wildman–Crippen MR) is 97.8 cm³/mol. The molecule has 0 radical (unpaired) electrons. The minimum atomic E-state index is -3.65. The number of nitrogens with zero attached hydrogens (tertiary/aromatic N) is 2. The number of nitrogens with one attached hydrogen (secondary N) is 1. The van der Waals surface area contributed by atoms with E-state index in [4.69, 9.17) is 0 Å². The molecule has 26 heavy (non-hydrogen) atoms. The summed E-state index contributed by atoms with van der Waals surface area (Å²) in [5.41, 5.74) is 1.39. The summed E-state index contributed by atoms with van der Waals surface area (Å²) in [7, 11) is -0.816. The minimum Gasteiger partial charge on any atom is -0.322 e. The van der Waals surface area contributed by atoms with Gasteiger partial charge in [-0.05, 0) is 37.6 Å². The van der Waals surface area contributed by atoms with E-state index in [1.807, 2.05) is 0 Å². The van der Waals surface area contributed by atoms with Crippen LogP contribution in [0.1, 0.15) is 21.5 Å². The van der Waals surface area contributed by atoms with Crippen LogP contribution in [0.3, 0.4) is 0 Å². The van der Waals surface area contributed by atoms with Crippen LogP contribution in [0.4, 0.5) is 11.4 Å². The predicted octanol–water partition coefficient (Wildman–Crippen LogP) is 2.71. The highest BCUT2D eigenvalue weighted by Gasteiger charge is 2.20. The molecule has 138 valence electrons. The first-order valence-electron chi connectivity index (χ1n) is 7.63. The number of anilines is 1. The van der Waals surface area contributed by atoms with Crippen molar-refractivity contribution in [1.82, 2.24) is 4.31 Å². The van der Waals surface area contributed by atoms with Crippen molar-refractivity contribution in [2.75, 3.05) is 19.4 Å². The lowest BCUT2D eigenvalue weighted by Crippen LogP contribution is -2.22. The Morgan fingerprint density at radius 3 is 2.27 bits per heavy atom. The van der Waals surface area contributed by atoms with E-state index in [2.05, 4.69) is 5.32 Å². The molecule has 0 heterocycles. The third kappa shape index (κ3) is 3.89. The summed E-state index contributed by atoms with van der Waals surface area (Å²) in [4.78, 5) is 23.0. The first-order valence-corrected chi connectivity index (χ1v) is 9.07. The second kappa shape index (κ2) is 7.22. The van der Waals surface area contributed by atoms with Crippen molar-refractivity contribution in [2.45, 2.75) is 18.7 Å². The van der Waals surface area contributed by atoms with Crippen molar-refractivity contribution in [2.24, 2.45) is 0 Å². The molecule has 0 aliphatic heterocycles. The zero-order valence-corrected chi connectivity index (χ0v) is 15.6. The normalized spacial score (nSPS) is 11.4. The van der Waals surface area contributed by atoms with E-state index >= 15 is 0 Å². The number of nitro groups is 1. The largest absolute Gasteiger partial charge is 0.322 e. The van der Waals surface area contributed by atoms with Crippen LogP contribution in [0.25, 0.3) is 0 Å². The maximum atomic E-state index is 12.5. The molecular formula is C17H19N3O5S. The average Bonchev–Trinajstić information content (AvgIpc) is 2.56. The lowest BCUT2D eigenvalue weighted by molar-refractivity contribution is -0.385. The van der Waals surface area contributed by atoms with Crippen molar-refractivity contribution >= 4 is 27.3 Å². The van der Waals surface area contributed by atoms with Gasteiger partial charge in [-0.25, -0.2) is 12.7 Å². The second-order valence-electron chi connectivity index (χ2n) is 5.98. The Bertz CT molecular complexity index is 984. The monoisotopic (exact) mass is 377 g/mol. The Hall–Kier alpha value is -2.78. The van der Waals surface area contributed by atoms with Gasteiger partial charge in [0.1, 0.15) is 0 Å². The van der Waals surface area contributed by atoms with Crippen LogP contribution in [0.15, 0.2) is 41.3 Å². The Morgan fingerprint density at radius 2 is 1.69 bits per heavy atom. The van der Waals surface area contributed by atoms with Gasteiger partial charge in [0.2, 0.25) is 10.0 Å².